The SMILES string of the molecule is CS(=O)(=O)N1CCCc2cc(C(=O)NC(C(=O)O)c3ccccc3)ccc21. The number of benzene rings is 2. The summed E-state index contributed by atoms with van der Waals surface area (Å²) in [4.78, 5) is 24.2. The predicted octanol–water partition coefficient (Wildman–Crippen LogP) is 1.95. The van der Waals surface area contributed by atoms with E-state index in [1.165, 1.54) is 10.4 Å². The van der Waals surface area contributed by atoms with E-state index in [-0.39, 0.29) is 0 Å². The minimum atomic E-state index is -3.38. The molecule has 2 aromatic carbocycles. The van der Waals surface area contributed by atoms with E-state index in [4.69, 9.17) is 0 Å². The topological polar surface area (TPSA) is 104 Å². The van der Waals surface area contributed by atoms with Gasteiger partial charge in [-0.15, -0.1) is 0 Å². The summed E-state index contributed by atoms with van der Waals surface area (Å²) in [6, 6.07) is 12.0. The summed E-state index contributed by atoms with van der Waals surface area (Å²) < 4.78 is 25.2. The molecule has 1 aliphatic heterocycles. The van der Waals surface area contributed by atoms with Crippen LogP contribution in [-0.2, 0) is 21.2 Å². The number of carbonyl (C=O) groups is 2. The zero-order valence-corrected chi connectivity index (χ0v) is 15.6. The molecule has 0 bridgehead atoms. The van der Waals surface area contributed by atoms with Crippen molar-refractivity contribution in [3.63, 3.8) is 0 Å². The van der Waals surface area contributed by atoms with Crippen molar-refractivity contribution in [2.24, 2.45) is 0 Å². The number of nitrogens with zero attached hydrogens (tertiary/aromatic N) is 1. The van der Waals surface area contributed by atoms with Crippen LogP contribution in [0.2, 0.25) is 0 Å². The molecule has 1 atom stereocenters. The zero-order valence-electron chi connectivity index (χ0n) is 14.8. The molecule has 0 saturated heterocycles. The van der Waals surface area contributed by atoms with Crippen LogP contribution >= 0.6 is 0 Å². The smallest absolute Gasteiger partial charge is 0.330 e. The molecule has 27 heavy (non-hydrogen) atoms. The Bertz CT molecular complexity index is 973. The monoisotopic (exact) mass is 388 g/mol. The van der Waals surface area contributed by atoms with Gasteiger partial charge in [-0.1, -0.05) is 30.3 Å². The summed E-state index contributed by atoms with van der Waals surface area (Å²) in [5.41, 5.74) is 2.09. The van der Waals surface area contributed by atoms with Gasteiger partial charge in [-0.3, -0.25) is 9.10 Å². The highest BCUT2D eigenvalue weighted by Crippen LogP contribution is 2.30. The van der Waals surface area contributed by atoms with Gasteiger partial charge in [0.05, 0.1) is 11.9 Å². The molecule has 0 spiro atoms. The summed E-state index contributed by atoms with van der Waals surface area (Å²) in [5.74, 6) is -1.68. The summed E-state index contributed by atoms with van der Waals surface area (Å²) in [5, 5.41) is 12.0. The molecule has 142 valence electrons. The van der Waals surface area contributed by atoms with Gasteiger partial charge in [0.1, 0.15) is 0 Å². The number of amides is 1. The zero-order chi connectivity index (χ0) is 19.6. The normalized spacial score (nSPS) is 14.9. The number of aliphatic carboxylic acids is 1. The molecular formula is C19H20N2O5S. The third kappa shape index (κ3) is 4.11. The lowest BCUT2D eigenvalue weighted by atomic mass is 10.00. The Morgan fingerprint density at radius 1 is 1.15 bits per heavy atom. The van der Waals surface area contributed by atoms with Crippen molar-refractivity contribution in [3.05, 3.63) is 65.2 Å². The second-order valence-electron chi connectivity index (χ2n) is 6.44. The Hall–Kier alpha value is -2.87. The number of rotatable bonds is 5. The van der Waals surface area contributed by atoms with E-state index in [1.54, 1.807) is 42.5 Å². The lowest BCUT2D eigenvalue weighted by Gasteiger charge is -2.29. The van der Waals surface area contributed by atoms with Crippen molar-refractivity contribution >= 4 is 27.6 Å². The first kappa shape index (κ1) is 18.9. The number of carbonyl (C=O) groups excluding carboxylic acids is 1. The summed E-state index contributed by atoms with van der Waals surface area (Å²) in [7, 11) is -3.38. The Labute approximate surface area is 157 Å². The van der Waals surface area contributed by atoms with E-state index in [1.807, 2.05) is 0 Å². The quantitative estimate of drug-likeness (QED) is 0.815. The Morgan fingerprint density at radius 3 is 2.48 bits per heavy atom. The van der Waals surface area contributed by atoms with Crippen LogP contribution in [0.3, 0.4) is 0 Å². The molecule has 0 saturated carbocycles. The Kier molecular flexibility index (Phi) is 5.18. The molecule has 2 N–H and O–H groups in total. The molecule has 8 heteroatoms. The second kappa shape index (κ2) is 7.40. The number of hydrogen-bond donors (Lipinski definition) is 2. The van der Waals surface area contributed by atoms with E-state index in [9.17, 15) is 23.1 Å². The van der Waals surface area contributed by atoms with Crippen molar-refractivity contribution in [2.45, 2.75) is 18.9 Å². The van der Waals surface area contributed by atoms with Crippen molar-refractivity contribution in [3.8, 4) is 0 Å². The van der Waals surface area contributed by atoms with Crippen molar-refractivity contribution in [1.29, 1.82) is 0 Å². The molecule has 7 nitrogen and oxygen atoms in total. The maximum atomic E-state index is 12.6. The largest absolute Gasteiger partial charge is 0.479 e. The molecule has 0 aromatic heterocycles. The number of aryl methyl sites for hydroxylation is 1. The first-order chi connectivity index (χ1) is 12.8. The highest BCUT2D eigenvalue weighted by atomic mass is 32.2. The van der Waals surface area contributed by atoms with Crippen LogP contribution in [0, 0.1) is 0 Å². The molecule has 0 aliphatic carbocycles. The van der Waals surface area contributed by atoms with Gasteiger partial charge in [-0.2, -0.15) is 0 Å². The molecular weight excluding hydrogens is 368 g/mol. The first-order valence-electron chi connectivity index (χ1n) is 8.46. The van der Waals surface area contributed by atoms with Gasteiger partial charge in [-0.05, 0) is 42.2 Å². The highest BCUT2D eigenvalue weighted by Gasteiger charge is 2.26. The number of carboxylic acid groups (broad SMARTS) is 1. The lowest BCUT2D eigenvalue weighted by Crippen LogP contribution is -2.35. The van der Waals surface area contributed by atoms with Gasteiger partial charge >= 0.3 is 5.97 Å². The number of sulfonamides is 1. The fourth-order valence-corrected chi connectivity index (χ4v) is 4.19. The van der Waals surface area contributed by atoms with E-state index in [0.29, 0.717) is 36.2 Å². The van der Waals surface area contributed by atoms with Crippen LogP contribution in [0.1, 0.15) is 33.9 Å². The summed E-state index contributed by atoms with van der Waals surface area (Å²) >= 11 is 0. The molecule has 1 amide bonds. The minimum Gasteiger partial charge on any atom is -0.479 e. The van der Waals surface area contributed by atoms with Crippen LogP contribution < -0.4 is 9.62 Å². The van der Waals surface area contributed by atoms with E-state index in [0.717, 1.165) is 11.8 Å². The lowest BCUT2D eigenvalue weighted by molar-refractivity contribution is -0.139. The third-order valence-electron chi connectivity index (χ3n) is 4.47. The van der Waals surface area contributed by atoms with Crippen LogP contribution in [0.25, 0.3) is 0 Å². The molecule has 0 radical (unpaired) electrons. The van der Waals surface area contributed by atoms with Gasteiger partial charge in [0.15, 0.2) is 6.04 Å². The average Bonchev–Trinajstić information content (AvgIpc) is 2.64. The number of anilines is 1. The average molecular weight is 388 g/mol. The molecule has 0 fully saturated rings. The predicted molar refractivity (Wildman–Crippen MR) is 101 cm³/mol. The van der Waals surface area contributed by atoms with E-state index >= 15 is 0 Å². The van der Waals surface area contributed by atoms with Gasteiger partial charge in [-0.25, -0.2) is 13.2 Å². The van der Waals surface area contributed by atoms with Crippen molar-refractivity contribution < 1.29 is 23.1 Å². The fourth-order valence-electron chi connectivity index (χ4n) is 3.20. The van der Waals surface area contributed by atoms with Crippen LogP contribution in [-0.4, -0.2) is 38.2 Å². The number of fused-ring (bicyclic) bond motifs is 1. The maximum absolute atomic E-state index is 12.6. The summed E-state index contributed by atoms with van der Waals surface area (Å²) in [6.07, 6.45) is 2.47. The second-order valence-corrected chi connectivity index (χ2v) is 8.34. The Balaban J connectivity index is 1.86. The Morgan fingerprint density at radius 2 is 1.85 bits per heavy atom. The van der Waals surface area contributed by atoms with Gasteiger partial charge in [0, 0.05) is 12.1 Å². The van der Waals surface area contributed by atoms with Gasteiger partial charge in [0.2, 0.25) is 10.0 Å². The van der Waals surface area contributed by atoms with E-state index in [2.05, 4.69) is 5.32 Å². The third-order valence-corrected chi connectivity index (χ3v) is 5.65. The van der Waals surface area contributed by atoms with Crippen molar-refractivity contribution in [1.82, 2.24) is 5.32 Å². The number of carboxylic acids is 1. The number of nitrogens with one attached hydrogen (secondary N) is 1. The van der Waals surface area contributed by atoms with Gasteiger partial charge < -0.3 is 10.4 Å². The minimum absolute atomic E-state index is 0.297. The van der Waals surface area contributed by atoms with E-state index < -0.39 is 27.9 Å². The highest BCUT2D eigenvalue weighted by molar-refractivity contribution is 7.92. The van der Waals surface area contributed by atoms with Gasteiger partial charge in [0.25, 0.3) is 5.91 Å². The van der Waals surface area contributed by atoms with Crippen LogP contribution in [0.5, 0.6) is 0 Å². The summed E-state index contributed by atoms with van der Waals surface area (Å²) in [6.45, 7) is 0.409. The molecule has 1 heterocycles. The first-order valence-corrected chi connectivity index (χ1v) is 10.3. The molecule has 1 unspecified atom stereocenters. The standard InChI is InChI=1S/C19H20N2O5S/c1-27(25,26)21-11-5-8-14-12-15(9-10-16(14)21)18(22)20-17(19(23)24)13-6-3-2-4-7-13/h2-4,6-7,9-10,12,17H,5,8,11H2,1H3,(H,20,22)(H,23,24). The fraction of sp³-hybridized carbons (Fsp3) is 0.263. The number of hydrogen-bond acceptors (Lipinski definition) is 4. The van der Waals surface area contributed by atoms with Crippen LogP contribution in [0.15, 0.2) is 48.5 Å². The molecule has 3 rings (SSSR count). The van der Waals surface area contributed by atoms with Crippen molar-refractivity contribution in [2.75, 3.05) is 17.1 Å². The molecule has 1 aliphatic rings. The maximum Gasteiger partial charge on any atom is 0.330 e. The molecule has 2 aromatic rings. The van der Waals surface area contributed by atoms with Crippen LogP contribution in [0.4, 0.5) is 5.69 Å².